The van der Waals surface area contributed by atoms with Crippen LogP contribution in [0.15, 0.2) is 221 Å². The van der Waals surface area contributed by atoms with Crippen LogP contribution < -0.4 is 46.8 Å². The molecule has 0 unspecified atom stereocenters. The van der Waals surface area contributed by atoms with E-state index in [2.05, 4.69) is 31.2 Å². The van der Waals surface area contributed by atoms with E-state index in [9.17, 15) is 59.5 Å². The van der Waals surface area contributed by atoms with Crippen LogP contribution in [0.2, 0.25) is 10.0 Å². The van der Waals surface area contributed by atoms with Gasteiger partial charge in [0.2, 0.25) is 11.1 Å². The zero-order chi connectivity index (χ0) is 80.6. The standard InChI is InChI=1S/C28H30F2N4O3.C27H27ClF2N4O3.C26H24ClF3N4O3/c1-5-33-17-21(11-14-24(33)35)34-23-13-12-22(15-20(23)16-31-34)37-26(19-9-7-6-8-10-19)25(18(2)3)32-27(36)28(4,29)30;1-16(2)24(32-26(36)27(3,29)30)25(17-8-6-5-7-9-17)37-22-12-18-14-31-34(21(18)13-20(22)28)19-10-11-23(35)33(4)15-19;1-15(2)23(32-25(36)26(28,29)30)24(16-7-5-4-6-8-16)37-21-11-17-13-31-34(20(17)12-19(21)27)18-9-10-22(35)33(3)14-18/h6-18,25-26H,5H2,1-4H3,(H,32,36);5-16,24-25H,1-4H3,(H,32,36);4-15,23-24H,1-3H3,(H,32,36)/t25-,26+;24-,25+;23-,24+/m000/s1. The van der Waals surface area contributed by atoms with Gasteiger partial charge in [0, 0.05) is 87.4 Å². The van der Waals surface area contributed by atoms with Crippen molar-refractivity contribution in [2.24, 2.45) is 31.8 Å². The van der Waals surface area contributed by atoms with E-state index in [0.717, 1.165) is 22.2 Å². The number of aryl methyl sites for hydroxylation is 3. The molecule has 582 valence electrons. The zero-order valence-electron chi connectivity index (χ0n) is 62.1. The molecular weight excluding hydrogens is 1490 g/mol. The van der Waals surface area contributed by atoms with Gasteiger partial charge in [-0.1, -0.05) is 156 Å². The number of pyridine rings is 3. The van der Waals surface area contributed by atoms with Crippen LogP contribution in [-0.4, -0.2) is 96.9 Å². The summed E-state index contributed by atoms with van der Waals surface area (Å²) in [4.78, 5) is 71.8. The molecule has 30 heteroatoms. The highest BCUT2D eigenvalue weighted by molar-refractivity contribution is 6.33. The van der Waals surface area contributed by atoms with Gasteiger partial charge < -0.3 is 43.9 Å². The molecule has 6 heterocycles. The first-order chi connectivity index (χ1) is 52.5. The third kappa shape index (κ3) is 19.7. The molecule has 3 N–H and O–H groups in total. The van der Waals surface area contributed by atoms with Gasteiger partial charge >= 0.3 is 23.9 Å². The van der Waals surface area contributed by atoms with Gasteiger partial charge in [0.25, 0.3) is 17.4 Å². The molecule has 0 saturated carbocycles. The van der Waals surface area contributed by atoms with Crippen molar-refractivity contribution in [3.63, 3.8) is 0 Å². The molecule has 0 aliphatic carbocycles. The van der Waals surface area contributed by atoms with Crippen molar-refractivity contribution in [3.8, 4) is 34.3 Å². The Bertz CT molecular complexity index is 5240. The van der Waals surface area contributed by atoms with Gasteiger partial charge in [0.1, 0.15) is 35.6 Å². The number of halogens is 9. The third-order valence-corrected chi connectivity index (χ3v) is 18.8. The van der Waals surface area contributed by atoms with E-state index in [1.165, 1.54) is 27.3 Å². The van der Waals surface area contributed by atoms with Crippen molar-refractivity contribution in [3.05, 3.63) is 265 Å². The molecule has 0 aliphatic heterocycles. The molecule has 111 heavy (non-hydrogen) atoms. The predicted molar refractivity (Wildman–Crippen MR) is 411 cm³/mol. The highest BCUT2D eigenvalue weighted by Gasteiger charge is 2.43. The maximum absolute atomic E-state index is 13.8. The lowest BCUT2D eigenvalue weighted by Crippen LogP contribution is -2.49. The molecule has 21 nitrogen and oxygen atoms in total. The van der Waals surface area contributed by atoms with Gasteiger partial charge in [-0.2, -0.15) is 46.0 Å². The predicted octanol–water partition coefficient (Wildman–Crippen LogP) is 15.6. The van der Waals surface area contributed by atoms with E-state index in [1.807, 2.05) is 83.1 Å². The molecule has 0 radical (unpaired) electrons. The van der Waals surface area contributed by atoms with Gasteiger partial charge in [-0.15, -0.1) is 0 Å². The van der Waals surface area contributed by atoms with E-state index in [1.54, 1.807) is 187 Å². The molecular formula is C81H81Cl2F7N12O9. The maximum Gasteiger partial charge on any atom is 0.471 e. The number of rotatable bonds is 24. The molecule has 6 atom stereocenters. The SMILES string of the molecule is CC(C)[C@H](NC(=O)C(C)(F)F)[C@H](Oc1cc2cnn(-c3ccc(=O)n(C)c3)c2cc1Cl)c1ccccc1.CC(C)[C@H](NC(=O)C(F)(F)F)[C@H](Oc1cc2cnn(-c3ccc(=O)n(C)c3)c2cc1Cl)c1ccccc1.CCn1cc(-n2ncc3cc(O[C@H](c4ccccc4)[C@@H](NC(=O)C(C)(F)F)C(C)C)ccc32)ccc1=O. The quantitative estimate of drug-likeness (QED) is 0.0479. The molecule has 0 saturated heterocycles. The van der Waals surface area contributed by atoms with Crippen molar-refractivity contribution in [1.82, 2.24) is 59.0 Å². The van der Waals surface area contributed by atoms with E-state index < -0.39 is 78.1 Å². The first kappa shape index (κ1) is 82.0. The summed E-state index contributed by atoms with van der Waals surface area (Å²) in [5.74, 6) is -11.6. The second kappa shape index (κ2) is 34.6. The van der Waals surface area contributed by atoms with Crippen LogP contribution in [0.5, 0.6) is 17.2 Å². The number of carbonyl (C=O) groups is 3. The fourth-order valence-electron chi connectivity index (χ4n) is 12.2. The summed E-state index contributed by atoms with van der Waals surface area (Å²) in [5, 5.41) is 23.0. The van der Waals surface area contributed by atoms with Crippen molar-refractivity contribution >= 4 is 73.6 Å². The molecule has 0 bridgehead atoms. The number of aromatic nitrogens is 9. The second-order valence-corrected chi connectivity index (χ2v) is 28.4. The lowest BCUT2D eigenvalue weighted by molar-refractivity contribution is -0.175. The lowest BCUT2D eigenvalue weighted by atomic mass is 9.92. The Hall–Kier alpha value is -11.5. The van der Waals surface area contributed by atoms with Gasteiger partial charge in [0.05, 0.1) is 80.4 Å². The van der Waals surface area contributed by atoms with Gasteiger partial charge in [0.15, 0.2) is 0 Å². The number of hydrogen-bond acceptors (Lipinski definition) is 12. The minimum atomic E-state index is -5.04. The average Bonchev–Trinajstić information content (AvgIpc) is 1.34. The highest BCUT2D eigenvalue weighted by atomic mass is 35.5. The lowest BCUT2D eigenvalue weighted by Gasteiger charge is -2.32. The number of benzene rings is 6. The number of alkyl halides is 7. The largest absolute Gasteiger partial charge is 0.484 e. The van der Waals surface area contributed by atoms with E-state index >= 15 is 0 Å². The van der Waals surface area contributed by atoms with Crippen molar-refractivity contribution in [2.75, 3.05) is 0 Å². The van der Waals surface area contributed by atoms with Crippen LogP contribution >= 0.6 is 23.2 Å². The summed E-state index contributed by atoms with van der Waals surface area (Å²) in [5.41, 5.74) is 5.80. The zero-order valence-corrected chi connectivity index (χ0v) is 63.6. The third-order valence-electron chi connectivity index (χ3n) is 18.2. The summed E-state index contributed by atoms with van der Waals surface area (Å²) in [6.45, 7) is 14.3. The molecule has 12 aromatic rings. The number of carbonyl (C=O) groups excluding carboxylic acids is 3. The molecule has 6 aromatic heterocycles. The number of fused-ring (bicyclic) bond motifs is 3. The Labute approximate surface area is 643 Å². The number of hydrogen-bond donors (Lipinski definition) is 3. The van der Waals surface area contributed by atoms with Crippen LogP contribution in [0.25, 0.3) is 49.8 Å². The van der Waals surface area contributed by atoms with Crippen LogP contribution in [0.1, 0.15) is 97.3 Å². The van der Waals surface area contributed by atoms with Crippen LogP contribution in [0.4, 0.5) is 30.7 Å². The normalized spacial score (nSPS) is 13.5. The highest BCUT2D eigenvalue weighted by Crippen LogP contribution is 2.40. The summed E-state index contributed by atoms with van der Waals surface area (Å²) in [6, 6.07) is 45.9. The first-order valence-corrected chi connectivity index (χ1v) is 36.0. The maximum atomic E-state index is 13.8. The molecule has 0 spiro atoms. The Kier molecular flexibility index (Phi) is 25.5. The fourth-order valence-corrected chi connectivity index (χ4v) is 12.6. The molecule has 3 amide bonds. The first-order valence-electron chi connectivity index (χ1n) is 35.3. The van der Waals surface area contributed by atoms with E-state index in [-0.39, 0.29) is 44.3 Å². The number of nitrogens with zero attached hydrogens (tertiary/aromatic N) is 9. The van der Waals surface area contributed by atoms with Crippen molar-refractivity contribution in [2.45, 2.75) is 123 Å². The minimum absolute atomic E-state index is 0.0852. The number of nitrogens with one attached hydrogen (secondary N) is 3. The Morgan fingerprint density at radius 2 is 0.775 bits per heavy atom. The summed E-state index contributed by atoms with van der Waals surface area (Å²) in [6.07, 6.45) is 2.45. The van der Waals surface area contributed by atoms with Gasteiger partial charge in [-0.05, 0) is 102 Å². The average molecular weight is 1570 g/mol. The topological polar surface area (TPSA) is 234 Å². The van der Waals surface area contributed by atoms with Crippen molar-refractivity contribution in [1.29, 1.82) is 0 Å². The Morgan fingerprint density at radius 1 is 0.432 bits per heavy atom. The summed E-state index contributed by atoms with van der Waals surface area (Å²) < 4.78 is 123. The Balaban J connectivity index is 0.000000177. The number of ether oxygens (including phenoxy) is 3. The Morgan fingerprint density at radius 3 is 1.13 bits per heavy atom. The molecule has 0 aliphatic rings. The molecule has 12 rings (SSSR count). The summed E-state index contributed by atoms with van der Waals surface area (Å²) in [7, 11) is 3.28. The van der Waals surface area contributed by atoms with Crippen LogP contribution in [0.3, 0.4) is 0 Å². The minimum Gasteiger partial charge on any atom is -0.484 e. The van der Waals surface area contributed by atoms with E-state index in [0.29, 0.717) is 76.2 Å². The number of amides is 3. The van der Waals surface area contributed by atoms with E-state index in [4.69, 9.17) is 37.4 Å². The monoisotopic (exact) mass is 1570 g/mol. The van der Waals surface area contributed by atoms with Crippen LogP contribution in [0, 0.1) is 17.8 Å². The van der Waals surface area contributed by atoms with Gasteiger partial charge in [-0.3, -0.25) is 28.8 Å². The van der Waals surface area contributed by atoms with Gasteiger partial charge in [-0.25, -0.2) is 14.0 Å². The van der Waals surface area contributed by atoms with Crippen LogP contribution in [-0.2, 0) is 35.0 Å². The molecule has 6 aromatic carbocycles. The van der Waals surface area contributed by atoms with Crippen molar-refractivity contribution < 1.29 is 59.3 Å². The smallest absolute Gasteiger partial charge is 0.471 e. The molecule has 0 fully saturated rings. The summed E-state index contributed by atoms with van der Waals surface area (Å²) >= 11 is 13.2. The fraction of sp³-hybridized carbons (Fsp3) is 0.296. The second-order valence-electron chi connectivity index (χ2n) is 27.6.